The molecule has 24 heavy (non-hydrogen) atoms. The second kappa shape index (κ2) is 9.01. The van der Waals surface area contributed by atoms with Crippen LogP contribution in [-0.2, 0) is 4.79 Å². The van der Waals surface area contributed by atoms with Crippen molar-refractivity contribution in [1.82, 2.24) is 9.80 Å². The van der Waals surface area contributed by atoms with Gasteiger partial charge in [-0.1, -0.05) is 0 Å². The molecule has 0 radical (unpaired) electrons. The summed E-state index contributed by atoms with van der Waals surface area (Å²) in [7, 11) is 3.94. The maximum atomic E-state index is 12.6. The molecule has 1 aliphatic heterocycles. The van der Waals surface area contributed by atoms with Gasteiger partial charge in [-0.25, -0.2) is 0 Å². The number of nitrogens with zero attached hydrogens (tertiary/aromatic N) is 2. The number of hydrogen-bond donors (Lipinski definition) is 2. The molecule has 1 fully saturated rings. The van der Waals surface area contributed by atoms with Crippen molar-refractivity contribution in [3.05, 3.63) is 29.8 Å². The van der Waals surface area contributed by atoms with Crippen molar-refractivity contribution < 1.29 is 9.59 Å². The number of rotatable bonds is 4. The molecule has 1 aliphatic rings. The van der Waals surface area contributed by atoms with E-state index in [0.29, 0.717) is 11.3 Å². The summed E-state index contributed by atoms with van der Waals surface area (Å²) in [6, 6.07) is 6.62. The number of likely N-dealkylation sites (N-methyl/N-ethyl adjacent to an activating group) is 2. The molecule has 7 heteroatoms. The van der Waals surface area contributed by atoms with Crippen LogP contribution < -0.4 is 11.1 Å². The van der Waals surface area contributed by atoms with Crippen molar-refractivity contribution in [2.45, 2.75) is 31.8 Å². The summed E-state index contributed by atoms with van der Waals surface area (Å²) < 4.78 is 0. The van der Waals surface area contributed by atoms with E-state index in [9.17, 15) is 9.59 Å². The van der Waals surface area contributed by atoms with E-state index < -0.39 is 6.04 Å². The molecular formula is C17H27ClN4O2. The normalized spacial score (nSPS) is 19.1. The molecule has 0 aromatic heterocycles. The highest BCUT2D eigenvalue weighted by Gasteiger charge is 2.25. The zero-order valence-electron chi connectivity index (χ0n) is 14.5. The summed E-state index contributed by atoms with van der Waals surface area (Å²) in [5.41, 5.74) is 6.79. The Morgan fingerprint density at radius 1 is 1.33 bits per heavy atom. The molecule has 1 aromatic rings. The molecule has 0 spiro atoms. The van der Waals surface area contributed by atoms with Crippen molar-refractivity contribution >= 4 is 29.9 Å². The first-order valence-corrected chi connectivity index (χ1v) is 8.00. The number of nitrogens with two attached hydrogens (primary N) is 1. The van der Waals surface area contributed by atoms with Gasteiger partial charge in [0.1, 0.15) is 0 Å². The van der Waals surface area contributed by atoms with Gasteiger partial charge in [-0.3, -0.25) is 9.59 Å². The van der Waals surface area contributed by atoms with Crippen molar-refractivity contribution in [3.8, 4) is 0 Å². The topological polar surface area (TPSA) is 78.7 Å². The van der Waals surface area contributed by atoms with Crippen LogP contribution >= 0.6 is 12.4 Å². The zero-order valence-corrected chi connectivity index (χ0v) is 15.3. The van der Waals surface area contributed by atoms with Gasteiger partial charge in [0, 0.05) is 30.9 Å². The Bertz CT molecular complexity index is 562. The second-order valence-electron chi connectivity index (χ2n) is 6.33. The fourth-order valence-electron chi connectivity index (χ4n) is 2.78. The quantitative estimate of drug-likeness (QED) is 0.860. The Hall–Kier alpha value is -1.63. The van der Waals surface area contributed by atoms with Crippen molar-refractivity contribution in [3.63, 3.8) is 0 Å². The van der Waals surface area contributed by atoms with E-state index in [1.165, 1.54) is 0 Å². The average molecular weight is 355 g/mol. The van der Waals surface area contributed by atoms with Gasteiger partial charge in [-0.2, -0.15) is 0 Å². The van der Waals surface area contributed by atoms with E-state index in [-0.39, 0.29) is 30.3 Å². The first-order chi connectivity index (χ1) is 10.9. The lowest BCUT2D eigenvalue weighted by molar-refractivity contribution is -0.117. The molecule has 0 bridgehead atoms. The molecule has 0 aliphatic carbocycles. The maximum absolute atomic E-state index is 12.6. The fraction of sp³-hybridized carbons (Fsp3) is 0.529. The second-order valence-corrected chi connectivity index (χ2v) is 6.33. The summed E-state index contributed by atoms with van der Waals surface area (Å²) in [6.45, 7) is 3.63. The number of carbonyl (C=O) groups excluding carboxylic acids is 2. The number of amides is 2. The number of hydrogen-bond acceptors (Lipinski definition) is 4. The highest BCUT2D eigenvalue weighted by molar-refractivity contribution is 5.97. The monoisotopic (exact) mass is 354 g/mol. The summed E-state index contributed by atoms with van der Waals surface area (Å²) in [5, 5.41) is 2.71. The number of likely N-dealkylation sites (tertiary alicyclic amines) is 1. The summed E-state index contributed by atoms with van der Waals surface area (Å²) in [6.07, 6.45) is 2.15. The minimum absolute atomic E-state index is 0. The zero-order chi connectivity index (χ0) is 17.0. The third-order valence-electron chi connectivity index (χ3n) is 4.28. The molecule has 2 rings (SSSR count). The molecular weight excluding hydrogens is 328 g/mol. The summed E-state index contributed by atoms with van der Waals surface area (Å²) in [5.74, 6) is -0.234. The first kappa shape index (κ1) is 20.4. The molecule has 2 amide bonds. The number of anilines is 1. The van der Waals surface area contributed by atoms with Crippen LogP contribution in [0.2, 0.25) is 0 Å². The van der Waals surface area contributed by atoms with E-state index >= 15 is 0 Å². The Morgan fingerprint density at radius 2 is 1.96 bits per heavy atom. The molecule has 2 atom stereocenters. The summed E-state index contributed by atoms with van der Waals surface area (Å²) >= 11 is 0. The molecule has 0 saturated carbocycles. The minimum Gasteiger partial charge on any atom is -0.337 e. The average Bonchev–Trinajstić information content (AvgIpc) is 2.54. The first-order valence-electron chi connectivity index (χ1n) is 8.00. The van der Waals surface area contributed by atoms with Gasteiger partial charge in [0.2, 0.25) is 5.91 Å². The number of piperidine rings is 1. The standard InChI is InChI=1S/C17H26N4O2.ClH/c1-12(18)16(22)19-14-8-6-13(7-9-14)17(23)21(3)15-5-4-10-20(2)11-15;/h6-9,12,15H,4-5,10-11,18H2,1-3H3,(H,19,22);1H. The van der Waals surface area contributed by atoms with Crippen LogP contribution in [0.25, 0.3) is 0 Å². The fourth-order valence-corrected chi connectivity index (χ4v) is 2.78. The number of halogens is 1. The Morgan fingerprint density at radius 3 is 2.50 bits per heavy atom. The Kier molecular flexibility index (Phi) is 7.66. The van der Waals surface area contributed by atoms with E-state index in [4.69, 9.17) is 5.73 Å². The lowest BCUT2D eigenvalue weighted by Crippen LogP contribution is -2.47. The van der Waals surface area contributed by atoms with E-state index in [1.807, 2.05) is 11.9 Å². The van der Waals surface area contributed by atoms with Crippen LogP contribution in [0.5, 0.6) is 0 Å². The molecule has 3 N–H and O–H groups in total. The molecule has 6 nitrogen and oxygen atoms in total. The van der Waals surface area contributed by atoms with Gasteiger partial charge < -0.3 is 20.9 Å². The van der Waals surface area contributed by atoms with Gasteiger partial charge >= 0.3 is 0 Å². The predicted octanol–water partition coefficient (Wildman–Crippen LogP) is 1.56. The van der Waals surface area contributed by atoms with Crippen molar-refractivity contribution in [2.75, 3.05) is 32.5 Å². The van der Waals surface area contributed by atoms with E-state index in [1.54, 1.807) is 31.2 Å². The smallest absolute Gasteiger partial charge is 0.253 e. The van der Waals surface area contributed by atoms with E-state index in [2.05, 4.69) is 17.3 Å². The van der Waals surface area contributed by atoms with Crippen molar-refractivity contribution in [1.29, 1.82) is 0 Å². The highest BCUT2D eigenvalue weighted by Crippen LogP contribution is 2.17. The molecule has 1 heterocycles. The summed E-state index contributed by atoms with van der Waals surface area (Å²) in [4.78, 5) is 28.2. The predicted molar refractivity (Wildman–Crippen MR) is 98.6 cm³/mol. The Balaban J connectivity index is 0.00000288. The van der Waals surface area contributed by atoms with Crippen LogP contribution in [0.15, 0.2) is 24.3 Å². The van der Waals surface area contributed by atoms with Crippen LogP contribution in [0, 0.1) is 0 Å². The van der Waals surface area contributed by atoms with E-state index in [0.717, 1.165) is 25.9 Å². The number of carbonyl (C=O) groups is 2. The largest absolute Gasteiger partial charge is 0.337 e. The maximum Gasteiger partial charge on any atom is 0.253 e. The third-order valence-corrected chi connectivity index (χ3v) is 4.28. The SMILES string of the molecule is CC(N)C(=O)Nc1ccc(C(=O)N(C)C2CCCN(C)C2)cc1.Cl. The van der Waals surface area contributed by atoms with Gasteiger partial charge in [-0.15, -0.1) is 12.4 Å². The number of nitrogens with one attached hydrogen (secondary N) is 1. The number of benzene rings is 1. The minimum atomic E-state index is -0.564. The van der Waals surface area contributed by atoms with Crippen LogP contribution in [0.4, 0.5) is 5.69 Å². The molecule has 1 saturated heterocycles. The van der Waals surface area contributed by atoms with Crippen molar-refractivity contribution in [2.24, 2.45) is 5.73 Å². The van der Waals surface area contributed by atoms with Gasteiger partial charge in [0.05, 0.1) is 6.04 Å². The lowest BCUT2D eigenvalue weighted by atomic mass is 10.0. The van der Waals surface area contributed by atoms with Gasteiger partial charge in [0.25, 0.3) is 5.91 Å². The molecule has 134 valence electrons. The van der Waals surface area contributed by atoms with Crippen LogP contribution in [-0.4, -0.2) is 60.9 Å². The third kappa shape index (κ3) is 5.19. The van der Waals surface area contributed by atoms with Crippen LogP contribution in [0.1, 0.15) is 30.1 Å². The van der Waals surface area contributed by atoms with Gasteiger partial charge in [0.15, 0.2) is 0 Å². The van der Waals surface area contributed by atoms with Gasteiger partial charge in [-0.05, 0) is 57.6 Å². The highest BCUT2D eigenvalue weighted by atomic mass is 35.5. The molecule has 2 unspecified atom stereocenters. The Labute approximate surface area is 149 Å². The molecule has 1 aromatic carbocycles. The van der Waals surface area contributed by atoms with Crippen LogP contribution in [0.3, 0.4) is 0 Å². The lowest BCUT2D eigenvalue weighted by Gasteiger charge is -2.35.